The van der Waals surface area contributed by atoms with Gasteiger partial charge in [-0.15, -0.1) is 22.7 Å². The largest absolute Gasteiger partial charge is 0.462 e. The molecule has 0 aromatic carbocycles. The Labute approximate surface area is 161 Å². The fourth-order valence-corrected chi connectivity index (χ4v) is 5.14. The molecule has 134 valence electrons. The van der Waals surface area contributed by atoms with Gasteiger partial charge in [0.1, 0.15) is 5.00 Å². The molecule has 0 unspecified atom stereocenters. The van der Waals surface area contributed by atoms with E-state index in [0.29, 0.717) is 23.8 Å². The molecule has 4 nitrogen and oxygen atoms in total. The van der Waals surface area contributed by atoms with Crippen LogP contribution in [-0.2, 0) is 24.1 Å². The smallest absolute Gasteiger partial charge is 0.341 e. The fraction of sp³-hybridized carbons (Fsp3) is 0.444. The van der Waals surface area contributed by atoms with E-state index in [2.05, 4.69) is 16.7 Å². The molecule has 7 heteroatoms. The van der Waals surface area contributed by atoms with Crippen molar-refractivity contribution in [2.45, 2.75) is 45.6 Å². The normalized spacial score (nSPS) is 13.6. The van der Waals surface area contributed by atoms with Crippen molar-refractivity contribution < 1.29 is 9.53 Å². The van der Waals surface area contributed by atoms with Crippen LogP contribution in [0.4, 0.5) is 5.00 Å². The Bertz CT molecular complexity index is 738. The predicted octanol–water partition coefficient (Wildman–Crippen LogP) is 4.74. The summed E-state index contributed by atoms with van der Waals surface area (Å²) in [5.41, 5.74) is 1.84. The summed E-state index contributed by atoms with van der Waals surface area (Å²) in [5, 5.41) is 9.84. The highest BCUT2D eigenvalue weighted by Crippen LogP contribution is 2.38. The van der Waals surface area contributed by atoms with Crippen LogP contribution in [0.5, 0.6) is 0 Å². The molecule has 1 aliphatic carbocycles. The van der Waals surface area contributed by atoms with Crippen LogP contribution in [0.25, 0.3) is 0 Å². The summed E-state index contributed by atoms with van der Waals surface area (Å²) in [6, 6.07) is 4.09. The van der Waals surface area contributed by atoms with Gasteiger partial charge in [-0.05, 0) is 61.8 Å². The van der Waals surface area contributed by atoms with E-state index in [-0.39, 0.29) is 5.97 Å². The number of esters is 1. The highest BCUT2D eigenvalue weighted by molar-refractivity contribution is 7.80. The van der Waals surface area contributed by atoms with Crippen LogP contribution in [0.2, 0.25) is 0 Å². The molecule has 0 saturated carbocycles. The van der Waals surface area contributed by atoms with Crippen molar-refractivity contribution in [3.63, 3.8) is 0 Å². The second-order valence-corrected chi connectivity index (χ2v) is 8.42. The van der Waals surface area contributed by atoms with Gasteiger partial charge in [-0.1, -0.05) is 12.5 Å². The summed E-state index contributed by atoms with van der Waals surface area (Å²) in [6.45, 7) is 2.90. The Hall–Kier alpha value is -1.44. The van der Waals surface area contributed by atoms with E-state index in [1.165, 1.54) is 22.6 Å². The van der Waals surface area contributed by atoms with Gasteiger partial charge in [-0.25, -0.2) is 4.79 Å². The number of ether oxygens (including phenoxy) is 1. The fourth-order valence-electron chi connectivity index (χ4n) is 2.98. The standard InChI is InChI=1S/C18H22N2O2S3/c1-2-22-17(21)15-13-8-4-3-5-9-14(13)25-16(15)20-18(23)19-11-12-7-6-10-24-12/h6-7,10H,2-5,8-9,11H2,1H3,(H2,19,20,23). The Morgan fingerprint density at radius 1 is 1.32 bits per heavy atom. The molecular formula is C18H22N2O2S3. The molecule has 2 N–H and O–H groups in total. The number of thiocarbonyl (C=S) groups is 1. The van der Waals surface area contributed by atoms with Gasteiger partial charge in [-0.2, -0.15) is 0 Å². The van der Waals surface area contributed by atoms with Crippen molar-refractivity contribution in [1.29, 1.82) is 0 Å². The van der Waals surface area contributed by atoms with E-state index in [9.17, 15) is 4.79 Å². The van der Waals surface area contributed by atoms with Crippen molar-refractivity contribution in [3.05, 3.63) is 38.4 Å². The number of aryl methyl sites for hydroxylation is 1. The maximum atomic E-state index is 12.5. The second kappa shape index (κ2) is 8.78. The van der Waals surface area contributed by atoms with E-state index >= 15 is 0 Å². The first-order chi connectivity index (χ1) is 12.2. The monoisotopic (exact) mass is 394 g/mol. The Morgan fingerprint density at radius 3 is 2.92 bits per heavy atom. The molecule has 2 aromatic rings. The van der Waals surface area contributed by atoms with Gasteiger partial charge in [0, 0.05) is 9.75 Å². The van der Waals surface area contributed by atoms with E-state index in [1.807, 2.05) is 18.4 Å². The number of nitrogens with one attached hydrogen (secondary N) is 2. The van der Waals surface area contributed by atoms with Crippen molar-refractivity contribution in [3.8, 4) is 0 Å². The highest BCUT2D eigenvalue weighted by atomic mass is 32.1. The molecule has 0 bridgehead atoms. The lowest BCUT2D eigenvalue weighted by molar-refractivity contribution is 0.0527. The lowest BCUT2D eigenvalue weighted by atomic mass is 10.1. The first-order valence-corrected chi connectivity index (χ1v) is 10.7. The molecule has 0 fully saturated rings. The SMILES string of the molecule is CCOC(=O)c1c(NC(=S)NCc2cccs2)sc2c1CCCCC2. The molecule has 1 aliphatic rings. The van der Waals surface area contributed by atoms with Gasteiger partial charge < -0.3 is 15.4 Å². The summed E-state index contributed by atoms with van der Waals surface area (Å²) in [7, 11) is 0. The average molecular weight is 395 g/mol. The van der Waals surface area contributed by atoms with Crippen LogP contribution in [0, 0.1) is 0 Å². The van der Waals surface area contributed by atoms with Gasteiger partial charge in [-0.3, -0.25) is 0 Å². The summed E-state index contributed by atoms with van der Waals surface area (Å²) < 4.78 is 5.30. The number of anilines is 1. The van der Waals surface area contributed by atoms with Crippen LogP contribution < -0.4 is 10.6 Å². The molecule has 0 radical (unpaired) electrons. The second-order valence-electron chi connectivity index (χ2n) is 5.88. The molecule has 2 aromatic heterocycles. The number of hydrogen-bond acceptors (Lipinski definition) is 5. The van der Waals surface area contributed by atoms with Crippen molar-refractivity contribution in [2.75, 3.05) is 11.9 Å². The zero-order valence-electron chi connectivity index (χ0n) is 14.2. The molecule has 2 heterocycles. The van der Waals surface area contributed by atoms with E-state index in [0.717, 1.165) is 29.8 Å². The maximum Gasteiger partial charge on any atom is 0.341 e. The third-order valence-corrected chi connectivity index (χ3v) is 6.46. The number of carbonyl (C=O) groups excluding carboxylic acids is 1. The minimum absolute atomic E-state index is 0.245. The predicted molar refractivity (Wildman–Crippen MR) is 109 cm³/mol. The maximum absolute atomic E-state index is 12.5. The van der Waals surface area contributed by atoms with E-state index in [1.54, 1.807) is 22.7 Å². The molecule has 0 atom stereocenters. The minimum Gasteiger partial charge on any atom is -0.462 e. The molecular weight excluding hydrogens is 372 g/mol. The first-order valence-electron chi connectivity index (χ1n) is 8.58. The number of rotatable bonds is 5. The van der Waals surface area contributed by atoms with Crippen molar-refractivity contribution in [1.82, 2.24) is 5.32 Å². The van der Waals surface area contributed by atoms with Gasteiger partial charge in [0.2, 0.25) is 0 Å². The summed E-state index contributed by atoms with van der Waals surface area (Å²) >= 11 is 8.76. The average Bonchev–Trinajstić information content (AvgIpc) is 3.16. The Balaban J connectivity index is 1.77. The van der Waals surface area contributed by atoms with Crippen molar-refractivity contribution >= 4 is 51.0 Å². The summed E-state index contributed by atoms with van der Waals surface area (Å²) in [4.78, 5) is 15.0. The quantitative estimate of drug-likeness (QED) is 0.436. The lowest BCUT2D eigenvalue weighted by Gasteiger charge is -2.11. The minimum atomic E-state index is -0.245. The van der Waals surface area contributed by atoms with Gasteiger partial charge in [0.05, 0.1) is 18.7 Å². The van der Waals surface area contributed by atoms with Crippen LogP contribution in [0.1, 0.15) is 51.9 Å². The van der Waals surface area contributed by atoms with Gasteiger partial charge in [0.15, 0.2) is 5.11 Å². The van der Waals surface area contributed by atoms with E-state index in [4.69, 9.17) is 17.0 Å². The van der Waals surface area contributed by atoms with E-state index < -0.39 is 0 Å². The van der Waals surface area contributed by atoms with Crippen LogP contribution in [0.3, 0.4) is 0 Å². The van der Waals surface area contributed by atoms with Crippen LogP contribution in [-0.4, -0.2) is 17.7 Å². The topological polar surface area (TPSA) is 50.4 Å². The third-order valence-electron chi connectivity index (χ3n) is 4.13. The van der Waals surface area contributed by atoms with Crippen LogP contribution in [0.15, 0.2) is 17.5 Å². The van der Waals surface area contributed by atoms with Gasteiger partial charge in [0.25, 0.3) is 0 Å². The summed E-state index contributed by atoms with van der Waals surface area (Å²) in [5.74, 6) is -0.245. The Morgan fingerprint density at radius 2 is 2.16 bits per heavy atom. The van der Waals surface area contributed by atoms with Crippen molar-refractivity contribution in [2.24, 2.45) is 0 Å². The van der Waals surface area contributed by atoms with Gasteiger partial charge >= 0.3 is 5.97 Å². The number of fused-ring (bicyclic) bond motifs is 1. The zero-order chi connectivity index (χ0) is 17.6. The molecule has 0 spiro atoms. The number of hydrogen-bond donors (Lipinski definition) is 2. The number of thiophene rings is 2. The van der Waals surface area contributed by atoms with Crippen LogP contribution >= 0.6 is 34.9 Å². The summed E-state index contributed by atoms with van der Waals surface area (Å²) in [6.07, 6.45) is 5.49. The molecule has 25 heavy (non-hydrogen) atoms. The number of carbonyl (C=O) groups is 1. The lowest BCUT2D eigenvalue weighted by Crippen LogP contribution is -2.28. The molecule has 3 rings (SSSR count). The zero-order valence-corrected chi connectivity index (χ0v) is 16.7. The molecule has 0 saturated heterocycles. The Kier molecular flexibility index (Phi) is 6.45. The highest BCUT2D eigenvalue weighted by Gasteiger charge is 2.26. The molecule has 0 amide bonds. The molecule has 0 aliphatic heterocycles. The first kappa shape index (κ1) is 18.4. The third kappa shape index (κ3) is 4.59.